The van der Waals surface area contributed by atoms with Crippen molar-refractivity contribution < 1.29 is 0 Å². The van der Waals surface area contributed by atoms with Crippen molar-refractivity contribution in [3.63, 3.8) is 0 Å². The smallest absolute Gasteiger partial charge is 0.0391 e. The van der Waals surface area contributed by atoms with E-state index in [1.165, 1.54) is 19.6 Å². The van der Waals surface area contributed by atoms with E-state index in [2.05, 4.69) is 23.8 Å². The monoisotopic (exact) mass is 156 g/mol. The molecule has 2 aliphatic rings. The van der Waals surface area contributed by atoms with E-state index in [9.17, 15) is 0 Å². The molecule has 0 aromatic carbocycles. The molecule has 0 radical (unpaired) electrons. The van der Waals surface area contributed by atoms with Crippen molar-refractivity contribution in [2.24, 2.45) is 0 Å². The number of fused-ring (bicyclic) bond motifs is 1. The lowest BCUT2D eigenvalue weighted by Crippen LogP contribution is -2.77. The number of likely N-dealkylation sites (N-methyl/N-ethyl adjacent to an activating group) is 2. The number of likely N-dealkylation sites (tertiary alicyclic amines) is 2. The van der Waals surface area contributed by atoms with Crippen LogP contribution in [0.2, 0.25) is 0 Å². The van der Waals surface area contributed by atoms with Crippen LogP contribution in [0.1, 0.15) is 20.8 Å². The van der Waals surface area contributed by atoms with Crippen molar-refractivity contribution in [3.05, 3.63) is 0 Å². The lowest BCUT2D eigenvalue weighted by atomic mass is 9.86. The third-order valence-electron chi connectivity index (χ3n) is 2.78. The van der Waals surface area contributed by atoms with Gasteiger partial charge in [-0.15, -0.1) is 0 Å². The van der Waals surface area contributed by atoms with Gasteiger partial charge in [0, 0.05) is 25.2 Å². The summed E-state index contributed by atoms with van der Waals surface area (Å²) in [5.41, 5.74) is 0. The van der Waals surface area contributed by atoms with Crippen molar-refractivity contribution >= 4 is 0 Å². The molecule has 0 aromatic rings. The van der Waals surface area contributed by atoms with Crippen LogP contribution in [0.4, 0.5) is 0 Å². The minimum Gasteiger partial charge on any atom is -0.299 e. The minimum atomic E-state index is 0.921. The molecule has 11 heavy (non-hydrogen) atoms. The fourth-order valence-corrected chi connectivity index (χ4v) is 1.93. The molecule has 2 heteroatoms. The molecule has 0 saturated carbocycles. The molecule has 66 valence electrons. The van der Waals surface area contributed by atoms with E-state index in [0.29, 0.717) is 0 Å². The summed E-state index contributed by atoms with van der Waals surface area (Å²) in [7, 11) is 2.22. The number of rotatable bonds is 1. The molecule has 2 rings (SSSR count). The molecule has 0 aromatic heterocycles. The topological polar surface area (TPSA) is 6.48 Å². The third kappa shape index (κ3) is 1.30. The molecule has 0 spiro atoms. The van der Waals surface area contributed by atoms with Gasteiger partial charge in [0.25, 0.3) is 0 Å². The predicted molar refractivity (Wildman–Crippen MR) is 48.8 cm³/mol. The number of piperazine rings is 1. The maximum atomic E-state index is 2.55. The van der Waals surface area contributed by atoms with Crippen molar-refractivity contribution in [2.75, 3.05) is 26.7 Å². The van der Waals surface area contributed by atoms with E-state index in [-0.39, 0.29) is 0 Å². The van der Waals surface area contributed by atoms with Crippen LogP contribution in [-0.4, -0.2) is 48.6 Å². The summed E-state index contributed by atoms with van der Waals surface area (Å²) in [5.74, 6) is 0. The summed E-state index contributed by atoms with van der Waals surface area (Å²) >= 11 is 0. The maximum absolute atomic E-state index is 2.55. The van der Waals surface area contributed by atoms with Gasteiger partial charge in [0.15, 0.2) is 0 Å². The quantitative estimate of drug-likeness (QED) is 0.559. The van der Waals surface area contributed by atoms with Gasteiger partial charge >= 0.3 is 0 Å². The predicted octanol–water partition coefficient (Wildman–Crippen LogP) is 1.03. The molecule has 2 saturated heterocycles. The number of nitrogens with zero attached hydrogens (tertiary/aromatic N) is 2. The zero-order chi connectivity index (χ0) is 8.43. The Hall–Kier alpha value is -0.0800. The van der Waals surface area contributed by atoms with Gasteiger partial charge < -0.3 is 0 Å². The van der Waals surface area contributed by atoms with E-state index < -0.39 is 0 Å². The van der Waals surface area contributed by atoms with Crippen molar-refractivity contribution in [3.8, 4) is 0 Å². The zero-order valence-electron chi connectivity index (χ0n) is 8.17. The minimum absolute atomic E-state index is 0.921. The summed E-state index contributed by atoms with van der Waals surface area (Å²) in [6.07, 6.45) is 0. The maximum Gasteiger partial charge on any atom is 0.0391 e. The SMILES string of the molecule is CC.CCN1CC2[C@H]1CN2C. The highest BCUT2D eigenvalue weighted by Gasteiger charge is 2.48. The molecule has 1 unspecified atom stereocenters. The Morgan fingerprint density at radius 1 is 1.18 bits per heavy atom. The van der Waals surface area contributed by atoms with Crippen LogP contribution < -0.4 is 0 Å². The average molecular weight is 156 g/mol. The fourth-order valence-electron chi connectivity index (χ4n) is 1.93. The van der Waals surface area contributed by atoms with Gasteiger partial charge in [-0.2, -0.15) is 0 Å². The Balaban J connectivity index is 0.000000281. The second-order valence-electron chi connectivity index (χ2n) is 3.16. The van der Waals surface area contributed by atoms with Crippen molar-refractivity contribution in [1.82, 2.24) is 9.80 Å². The first-order valence-corrected chi connectivity index (χ1v) is 4.77. The zero-order valence-corrected chi connectivity index (χ0v) is 8.17. The van der Waals surface area contributed by atoms with Gasteiger partial charge in [-0.05, 0) is 13.6 Å². The Kier molecular flexibility index (Phi) is 2.90. The standard InChI is InChI=1S/C7H14N2.C2H6/c1-3-9-5-6-7(9)4-8(6)2;1-2/h6-7H,3-5H2,1-2H3;1-2H3/t6?,7-;/m1./s1. The summed E-state index contributed by atoms with van der Waals surface area (Å²) in [4.78, 5) is 4.99. The Morgan fingerprint density at radius 2 is 1.82 bits per heavy atom. The summed E-state index contributed by atoms with van der Waals surface area (Å²) < 4.78 is 0. The van der Waals surface area contributed by atoms with Crippen LogP contribution in [0.5, 0.6) is 0 Å². The van der Waals surface area contributed by atoms with Crippen LogP contribution in [0.3, 0.4) is 0 Å². The van der Waals surface area contributed by atoms with E-state index in [0.717, 1.165) is 12.1 Å². The van der Waals surface area contributed by atoms with Gasteiger partial charge in [0.1, 0.15) is 0 Å². The molecule has 2 nitrogen and oxygen atoms in total. The molecular formula is C9H20N2. The largest absolute Gasteiger partial charge is 0.299 e. The highest BCUT2D eigenvalue weighted by molar-refractivity contribution is 5.06. The van der Waals surface area contributed by atoms with E-state index >= 15 is 0 Å². The van der Waals surface area contributed by atoms with E-state index in [4.69, 9.17) is 0 Å². The van der Waals surface area contributed by atoms with Crippen LogP contribution in [0.15, 0.2) is 0 Å². The lowest BCUT2D eigenvalue weighted by Gasteiger charge is -2.61. The van der Waals surface area contributed by atoms with Crippen molar-refractivity contribution in [1.29, 1.82) is 0 Å². The highest BCUT2D eigenvalue weighted by atomic mass is 15.4. The van der Waals surface area contributed by atoms with E-state index in [1.807, 2.05) is 13.8 Å². The molecule has 0 amide bonds. The molecule has 2 atom stereocenters. The van der Waals surface area contributed by atoms with Crippen LogP contribution >= 0.6 is 0 Å². The second kappa shape index (κ2) is 3.55. The first-order chi connectivity index (χ1) is 5.33. The molecule has 0 N–H and O–H groups in total. The Labute approximate surface area is 70.2 Å². The van der Waals surface area contributed by atoms with Gasteiger partial charge in [-0.25, -0.2) is 0 Å². The molecule has 2 heterocycles. The molecule has 0 bridgehead atoms. The van der Waals surface area contributed by atoms with Gasteiger partial charge in [-0.3, -0.25) is 9.80 Å². The van der Waals surface area contributed by atoms with Crippen LogP contribution in [0, 0.1) is 0 Å². The fraction of sp³-hybridized carbons (Fsp3) is 1.00. The lowest BCUT2D eigenvalue weighted by molar-refractivity contribution is -0.108. The highest BCUT2D eigenvalue weighted by Crippen LogP contribution is 2.30. The average Bonchev–Trinajstić information content (AvgIpc) is 2.04. The third-order valence-corrected chi connectivity index (χ3v) is 2.78. The molecule has 0 aliphatic carbocycles. The van der Waals surface area contributed by atoms with E-state index in [1.54, 1.807) is 0 Å². The van der Waals surface area contributed by atoms with Crippen LogP contribution in [-0.2, 0) is 0 Å². The van der Waals surface area contributed by atoms with Crippen LogP contribution in [0.25, 0.3) is 0 Å². The summed E-state index contributed by atoms with van der Waals surface area (Å²) in [6, 6.07) is 1.85. The second-order valence-corrected chi connectivity index (χ2v) is 3.16. The molecule has 2 fully saturated rings. The van der Waals surface area contributed by atoms with Crippen molar-refractivity contribution in [2.45, 2.75) is 32.9 Å². The first kappa shape index (κ1) is 9.01. The number of hydrogen-bond acceptors (Lipinski definition) is 2. The number of hydrogen-bond donors (Lipinski definition) is 0. The normalized spacial score (nSPS) is 36.0. The Morgan fingerprint density at radius 3 is 2.09 bits per heavy atom. The van der Waals surface area contributed by atoms with Gasteiger partial charge in [0.2, 0.25) is 0 Å². The molecule has 2 aliphatic heterocycles. The summed E-state index contributed by atoms with van der Waals surface area (Å²) in [5, 5.41) is 0. The van der Waals surface area contributed by atoms with Gasteiger partial charge in [0.05, 0.1) is 0 Å². The molecular weight excluding hydrogens is 136 g/mol. The first-order valence-electron chi connectivity index (χ1n) is 4.77. The Bertz CT molecular complexity index is 121. The summed E-state index contributed by atoms with van der Waals surface area (Å²) in [6.45, 7) is 10.1. The van der Waals surface area contributed by atoms with Gasteiger partial charge in [-0.1, -0.05) is 20.8 Å².